The number of nitrogens with zero attached hydrogens (tertiary/aromatic N) is 1. The van der Waals surface area contributed by atoms with Crippen LogP contribution in [0, 0.1) is 0 Å². The molecule has 1 heterocycles. The van der Waals surface area contributed by atoms with Crippen LogP contribution in [0.1, 0.15) is 18.4 Å². The molecule has 0 aliphatic carbocycles. The highest BCUT2D eigenvalue weighted by Crippen LogP contribution is 2.31. The minimum Gasteiger partial charge on any atom is -0.492 e. The lowest BCUT2D eigenvalue weighted by molar-refractivity contribution is -0.122. The summed E-state index contributed by atoms with van der Waals surface area (Å²) in [5, 5.41) is 3.81. The number of halogens is 2. The lowest BCUT2D eigenvalue weighted by atomic mass is 10.2. The maximum Gasteiger partial charge on any atom is 0.220 e. The number of rotatable bonds is 9. The van der Waals surface area contributed by atoms with Crippen molar-refractivity contribution in [2.45, 2.75) is 25.5 Å². The molecule has 1 saturated heterocycles. The molecule has 1 aliphatic rings. The molecule has 0 bridgehead atoms. The first-order chi connectivity index (χ1) is 14.1. The van der Waals surface area contributed by atoms with Crippen molar-refractivity contribution in [2.75, 3.05) is 32.8 Å². The van der Waals surface area contributed by atoms with Crippen LogP contribution in [-0.2, 0) is 16.1 Å². The molecular weight excluding hydrogens is 411 g/mol. The molecule has 0 aromatic heterocycles. The van der Waals surface area contributed by atoms with Gasteiger partial charge in [0.05, 0.1) is 24.3 Å². The average Bonchev–Trinajstić information content (AvgIpc) is 2.73. The number of morpholine rings is 1. The van der Waals surface area contributed by atoms with Gasteiger partial charge in [0.1, 0.15) is 10.8 Å². The molecule has 2 aromatic rings. The number of hydrogen-bond donors (Lipinski definition) is 1. The maximum absolute atomic E-state index is 12.1. The summed E-state index contributed by atoms with van der Waals surface area (Å²) in [5.74, 6) is 0.531. The zero-order chi connectivity index (χ0) is 20.5. The normalized spacial score (nSPS) is 17.1. The number of carbonyl (C=O) groups is 1. The first-order valence-corrected chi connectivity index (χ1v) is 10.6. The van der Waals surface area contributed by atoms with Gasteiger partial charge in [0.2, 0.25) is 5.91 Å². The van der Waals surface area contributed by atoms with Crippen LogP contribution < -0.4 is 10.1 Å². The summed E-state index contributed by atoms with van der Waals surface area (Å²) in [5.41, 5.74) is 1.29. The van der Waals surface area contributed by atoms with Crippen molar-refractivity contribution in [3.8, 4) is 5.75 Å². The van der Waals surface area contributed by atoms with Crippen LogP contribution in [0.15, 0.2) is 48.5 Å². The van der Waals surface area contributed by atoms with E-state index >= 15 is 0 Å². The highest BCUT2D eigenvalue weighted by molar-refractivity contribution is 6.42. The van der Waals surface area contributed by atoms with Crippen LogP contribution in [-0.4, -0.2) is 49.8 Å². The van der Waals surface area contributed by atoms with E-state index in [1.165, 1.54) is 5.56 Å². The third kappa shape index (κ3) is 7.19. The summed E-state index contributed by atoms with van der Waals surface area (Å²) < 4.78 is 11.4. The zero-order valence-electron chi connectivity index (χ0n) is 16.3. The largest absolute Gasteiger partial charge is 0.492 e. The number of amides is 1. The van der Waals surface area contributed by atoms with E-state index in [9.17, 15) is 4.79 Å². The van der Waals surface area contributed by atoms with Crippen LogP contribution in [0.4, 0.5) is 0 Å². The summed E-state index contributed by atoms with van der Waals surface area (Å²) in [4.78, 5) is 14.5. The molecule has 1 unspecified atom stereocenters. The lowest BCUT2D eigenvalue weighted by Gasteiger charge is -2.33. The molecule has 1 fully saturated rings. The fourth-order valence-corrected chi connectivity index (χ4v) is 3.56. The third-order valence-corrected chi connectivity index (χ3v) is 5.52. The SMILES string of the molecule is O=C(CCCOc1cccc(Cl)c1Cl)NCC1CN(Cc2ccccc2)CCO1. The van der Waals surface area contributed by atoms with Crippen LogP contribution in [0.5, 0.6) is 5.75 Å². The van der Waals surface area contributed by atoms with Gasteiger partial charge in [-0.05, 0) is 24.1 Å². The van der Waals surface area contributed by atoms with E-state index in [4.69, 9.17) is 32.7 Å². The summed E-state index contributed by atoms with van der Waals surface area (Å²) in [6.45, 7) is 4.22. The van der Waals surface area contributed by atoms with E-state index in [0.29, 0.717) is 48.4 Å². The van der Waals surface area contributed by atoms with E-state index in [-0.39, 0.29) is 12.0 Å². The lowest BCUT2D eigenvalue weighted by Crippen LogP contribution is -2.47. The smallest absolute Gasteiger partial charge is 0.220 e. The minimum atomic E-state index is -0.00502. The molecule has 1 N–H and O–H groups in total. The van der Waals surface area contributed by atoms with Gasteiger partial charge in [-0.1, -0.05) is 59.6 Å². The average molecular weight is 437 g/mol. The predicted molar refractivity (Wildman–Crippen MR) is 116 cm³/mol. The van der Waals surface area contributed by atoms with Crippen LogP contribution in [0.25, 0.3) is 0 Å². The Balaban J connectivity index is 1.32. The van der Waals surface area contributed by atoms with Gasteiger partial charge in [0.25, 0.3) is 0 Å². The van der Waals surface area contributed by atoms with Gasteiger partial charge in [0, 0.05) is 32.6 Å². The second-order valence-electron chi connectivity index (χ2n) is 7.02. The molecule has 7 heteroatoms. The molecule has 1 atom stereocenters. The Bertz CT molecular complexity index is 789. The molecule has 5 nitrogen and oxygen atoms in total. The Kier molecular flexibility index (Phi) is 8.62. The third-order valence-electron chi connectivity index (χ3n) is 4.72. The molecule has 156 valence electrons. The minimum absolute atomic E-state index is 0.00502. The van der Waals surface area contributed by atoms with E-state index in [1.54, 1.807) is 18.2 Å². The van der Waals surface area contributed by atoms with Gasteiger partial charge >= 0.3 is 0 Å². The van der Waals surface area contributed by atoms with Crippen molar-refractivity contribution in [1.29, 1.82) is 0 Å². The monoisotopic (exact) mass is 436 g/mol. The molecule has 0 spiro atoms. The first kappa shape index (κ1) is 21.9. The quantitative estimate of drug-likeness (QED) is 0.599. The molecule has 0 radical (unpaired) electrons. The van der Waals surface area contributed by atoms with Crippen molar-refractivity contribution < 1.29 is 14.3 Å². The van der Waals surface area contributed by atoms with Crippen molar-refractivity contribution in [2.24, 2.45) is 0 Å². The van der Waals surface area contributed by atoms with Crippen molar-refractivity contribution in [1.82, 2.24) is 10.2 Å². The Morgan fingerprint density at radius 2 is 2.00 bits per heavy atom. The van der Waals surface area contributed by atoms with Crippen LogP contribution in [0.2, 0.25) is 10.0 Å². The number of hydrogen-bond acceptors (Lipinski definition) is 4. The van der Waals surface area contributed by atoms with E-state index in [1.807, 2.05) is 6.07 Å². The molecular formula is C22H26Cl2N2O3. The fourth-order valence-electron chi connectivity index (χ4n) is 3.22. The molecule has 1 amide bonds. The van der Waals surface area contributed by atoms with Gasteiger partial charge in [0.15, 0.2) is 0 Å². The molecule has 2 aromatic carbocycles. The van der Waals surface area contributed by atoms with E-state index in [2.05, 4.69) is 34.5 Å². The summed E-state index contributed by atoms with van der Waals surface area (Å²) in [6.07, 6.45) is 0.997. The van der Waals surface area contributed by atoms with Gasteiger partial charge in [-0.2, -0.15) is 0 Å². The number of benzene rings is 2. The summed E-state index contributed by atoms with van der Waals surface area (Å²) in [7, 11) is 0. The highest BCUT2D eigenvalue weighted by atomic mass is 35.5. The second kappa shape index (κ2) is 11.4. The molecule has 0 saturated carbocycles. The molecule has 1 aliphatic heterocycles. The highest BCUT2D eigenvalue weighted by Gasteiger charge is 2.21. The van der Waals surface area contributed by atoms with E-state index in [0.717, 1.165) is 19.6 Å². The van der Waals surface area contributed by atoms with Gasteiger partial charge in [-0.25, -0.2) is 0 Å². The van der Waals surface area contributed by atoms with Crippen molar-refractivity contribution >= 4 is 29.1 Å². The predicted octanol–water partition coefficient (Wildman–Crippen LogP) is 4.17. The van der Waals surface area contributed by atoms with Crippen molar-refractivity contribution in [3.05, 3.63) is 64.1 Å². The maximum atomic E-state index is 12.1. The topological polar surface area (TPSA) is 50.8 Å². The Labute approximate surface area is 181 Å². The number of carbonyl (C=O) groups excluding carboxylic acids is 1. The Morgan fingerprint density at radius 1 is 1.17 bits per heavy atom. The summed E-state index contributed by atoms with van der Waals surface area (Å²) in [6, 6.07) is 15.6. The van der Waals surface area contributed by atoms with Crippen molar-refractivity contribution in [3.63, 3.8) is 0 Å². The molecule has 29 heavy (non-hydrogen) atoms. The Morgan fingerprint density at radius 3 is 2.83 bits per heavy atom. The molecule has 3 rings (SSSR count). The Hall–Kier alpha value is -1.79. The van der Waals surface area contributed by atoms with E-state index < -0.39 is 0 Å². The van der Waals surface area contributed by atoms with Crippen LogP contribution >= 0.6 is 23.2 Å². The van der Waals surface area contributed by atoms with Gasteiger partial charge in [-0.3, -0.25) is 9.69 Å². The summed E-state index contributed by atoms with van der Waals surface area (Å²) >= 11 is 12.0. The first-order valence-electron chi connectivity index (χ1n) is 9.83. The van der Waals surface area contributed by atoms with Crippen LogP contribution in [0.3, 0.4) is 0 Å². The fraction of sp³-hybridized carbons (Fsp3) is 0.409. The standard InChI is InChI=1S/C22H26Cl2N2O3/c23-19-8-4-9-20(22(19)24)29-12-5-10-21(27)25-14-18-16-26(11-13-28-18)15-17-6-2-1-3-7-17/h1-4,6-9,18H,5,10-16H2,(H,25,27). The number of ether oxygens (including phenoxy) is 2. The zero-order valence-corrected chi connectivity index (χ0v) is 17.8. The van der Waals surface area contributed by atoms with Gasteiger partial charge < -0.3 is 14.8 Å². The number of nitrogens with one attached hydrogen (secondary N) is 1. The second-order valence-corrected chi connectivity index (χ2v) is 7.81. The van der Waals surface area contributed by atoms with Gasteiger partial charge in [-0.15, -0.1) is 0 Å².